The normalized spacial score (nSPS) is 11.5. The molecule has 2 aromatic heterocycles. The number of fused-ring (bicyclic) bond motifs is 1. The molecule has 5 aromatic rings. The fraction of sp³-hybridized carbons (Fsp3) is 0.143. The summed E-state index contributed by atoms with van der Waals surface area (Å²) in [6, 6.07) is 20.2. The van der Waals surface area contributed by atoms with Crippen molar-refractivity contribution in [1.29, 1.82) is 0 Å². The van der Waals surface area contributed by atoms with Gasteiger partial charge in [-0.05, 0) is 59.3 Å². The van der Waals surface area contributed by atoms with E-state index in [1.54, 1.807) is 35.0 Å². The molecule has 0 aliphatic heterocycles. The van der Waals surface area contributed by atoms with E-state index < -0.39 is 0 Å². The van der Waals surface area contributed by atoms with Crippen molar-refractivity contribution in [2.75, 3.05) is 5.32 Å². The van der Waals surface area contributed by atoms with Crippen molar-refractivity contribution in [3.63, 3.8) is 0 Å². The highest BCUT2D eigenvalue weighted by molar-refractivity contribution is 6.29. The largest absolute Gasteiger partial charge is 0.439 e. The molecule has 9 heteroatoms. The van der Waals surface area contributed by atoms with E-state index >= 15 is 0 Å². The molecule has 0 aliphatic rings. The first-order valence-electron chi connectivity index (χ1n) is 11.5. The number of anilines is 1. The molecular formula is C28H23ClFN5O2. The minimum Gasteiger partial charge on any atom is -0.439 e. The molecule has 37 heavy (non-hydrogen) atoms. The average Bonchev–Trinajstić information content (AvgIpc) is 3.28. The summed E-state index contributed by atoms with van der Waals surface area (Å²) >= 11 is 5.91. The highest BCUT2D eigenvalue weighted by Gasteiger charge is 2.22. The van der Waals surface area contributed by atoms with Gasteiger partial charge < -0.3 is 10.1 Å². The van der Waals surface area contributed by atoms with Gasteiger partial charge in [0.1, 0.15) is 28.9 Å². The van der Waals surface area contributed by atoms with Gasteiger partial charge in [-0.25, -0.2) is 19.0 Å². The second-order valence-corrected chi connectivity index (χ2v) is 9.86. The molecule has 1 N–H and O–H groups in total. The van der Waals surface area contributed by atoms with Gasteiger partial charge in [-0.3, -0.25) is 4.79 Å². The molecule has 0 radical (unpaired) electrons. The minimum atomic E-state index is -0.348. The lowest BCUT2D eigenvalue weighted by atomic mass is 9.92. The molecule has 1 amide bonds. The molecule has 5 rings (SSSR count). The predicted octanol–water partition coefficient (Wildman–Crippen LogP) is 6.95. The molecule has 0 bridgehead atoms. The lowest BCUT2D eigenvalue weighted by molar-refractivity contribution is 0.102. The Morgan fingerprint density at radius 2 is 1.78 bits per heavy atom. The van der Waals surface area contributed by atoms with Crippen molar-refractivity contribution in [3.05, 3.63) is 101 Å². The molecular weight excluding hydrogens is 493 g/mol. The fourth-order valence-corrected chi connectivity index (χ4v) is 3.95. The van der Waals surface area contributed by atoms with Crippen LogP contribution in [-0.4, -0.2) is 25.7 Å². The number of carbonyl (C=O) groups is 1. The highest BCUT2D eigenvalue weighted by Crippen LogP contribution is 2.30. The second kappa shape index (κ2) is 9.63. The molecule has 7 nitrogen and oxygen atoms in total. The molecule has 0 fully saturated rings. The van der Waals surface area contributed by atoms with Crippen LogP contribution in [0.15, 0.2) is 79.1 Å². The maximum absolute atomic E-state index is 13.5. The summed E-state index contributed by atoms with van der Waals surface area (Å²) in [5.41, 5.74) is 1.65. The fourth-order valence-electron chi connectivity index (χ4n) is 3.82. The van der Waals surface area contributed by atoms with Crippen LogP contribution < -0.4 is 10.1 Å². The van der Waals surface area contributed by atoms with Gasteiger partial charge in [0.25, 0.3) is 5.91 Å². The second-order valence-electron chi connectivity index (χ2n) is 9.48. The number of ether oxygens (including phenoxy) is 1. The first-order chi connectivity index (χ1) is 17.7. The molecule has 186 valence electrons. The summed E-state index contributed by atoms with van der Waals surface area (Å²) in [6.07, 6.45) is 1.32. The number of nitrogens with one attached hydrogen (secondary N) is 1. The molecule has 2 heterocycles. The van der Waals surface area contributed by atoms with Crippen LogP contribution in [0.25, 0.3) is 16.5 Å². The van der Waals surface area contributed by atoms with Gasteiger partial charge in [0.15, 0.2) is 0 Å². The summed E-state index contributed by atoms with van der Waals surface area (Å²) in [6.45, 7) is 6.11. The summed E-state index contributed by atoms with van der Waals surface area (Å²) in [5, 5.41) is 9.52. The van der Waals surface area contributed by atoms with Gasteiger partial charge in [0, 0.05) is 23.1 Å². The van der Waals surface area contributed by atoms with Crippen molar-refractivity contribution in [1.82, 2.24) is 19.7 Å². The van der Waals surface area contributed by atoms with E-state index in [-0.39, 0.29) is 22.3 Å². The number of nitrogens with zero attached hydrogens (tertiary/aromatic N) is 4. The van der Waals surface area contributed by atoms with Crippen molar-refractivity contribution < 1.29 is 13.9 Å². The molecule has 0 spiro atoms. The number of carbonyl (C=O) groups excluding carboxylic acids is 1. The van der Waals surface area contributed by atoms with Gasteiger partial charge in [0.05, 0.1) is 11.4 Å². The Kier molecular flexibility index (Phi) is 6.35. The molecule has 0 aliphatic carbocycles. The number of aromatic nitrogens is 4. The van der Waals surface area contributed by atoms with Crippen LogP contribution in [0.5, 0.6) is 11.6 Å². The number of hydrogen-bond acceptors (Lipinski definition) is 5. The molecule has 0 unspecified atom stereocenters. The smallest absolute Gasteiger partial charge is 0.257 e. The highest BCUT2D eigenvalue weighted by atomic mass is 35.5. The number of amides is 1. The Morgan fingerprint density at radius 3 is 2.51 bits per heavy atom. The predicted molar refractivity (Wildman–Crippen MR) is 141 cm³/mol. The van der Waals surface area contributed by atoms with Crippen LogP contribution >= 0.6 is 11.6 Å². The maximum Gasteiger partial charge on any atom is 0.257 e. The van der Waals surface area contributed by atoms with Gasteiger partial charge >= 0.3 is 0 Å². The van der Waals surface area contributed by atoms with Gasteiger partial charge in [-0.15, -0.1) is 0 Å². The van der Waals surface area contributed by atoms with E-state index in [4.69, 9.17) is 21.4 Å². The van der Waals surface area contributed by atoms with Gasteiger partial charge in [-0.2, -0.15) is 5.10 Å². The Hall–Kier alpha value is -4.30. The van der Waals surface area contributed by atoms with Crippen molar-refractivity contribution in [2.45, 2.75) is 26.2 Å². The number of benzene rings is 3. The van der Waals surface area contributed by atoms with Gasteiger partial charge in [0.2, 0.25) is 5.88 Å². The van der Waals surface area contributed by atoms with Crippen molar-refractivity contribution >= 4 is 34.1 Å². The number of hydrogen-bond donors (Lipinski definition) is 1. The van der Waals surface area contributed by atoms with Crippen LogP contribution in [0.1, 0.15) is 36.8 Å². The standard InChI is InChI=1S/C28H23ClFN5O2/c1-28(2,3)23-14-25(35(34-23)19-9-7-18(30)8-10-19)33-27(36)22-6-4-5-17-13-20(11-12-21(17)22)37-26-15-24(29)31-16-32-26/h4-16H,1-3H3,(H,33,36). The zero-order valence-corrected chi connectivity index (χ0v) is 21.1. The SMILES string of the molecule is CC(C)(C)c1cc(NC(=O)c2cccc3cc(Oc4cc(Cl)ncn4)ccc23)n(-c2ccc(F)cc2)n1. The van der Waals surface area contributed by atoms with E-state index in [2.05, 4.69) is 15.3 Å². The summed E-state index contributed by atoms with van der Waals surface area (Å²) in [5.74, 6) is 0.699. The quantitative estimate of drug-likeness (QED) is 0.256. The summed E-state index contributed by atoms with van der Waals surface area (Å²) in [4.78, 5) is 21.4. The van der Waals surface area contributed by atoms with Crippen LogP contribution in [-0.2, 0) is 5.41 Å². The van der Waals surface area contributed by atoms with E-state index in [1.807, 2.05) is 45.0 Å². The molecule has 0 saturated heterocycles. The third-order valence-corrected chi connectivity index (χ3v) is 5.92. The first-order valence-corrected chi connectivity index (χ1v) is 11.9. The number of rotatable bonds is 5. The van der Waals surface area contributed by atoms with Crippen LogP contribution in [0.3, 0.4) is 0 Å². The molecule has 0 saturated carbocycles. The monoisotopic (exact) mass is 515 g/mol. The van der Waals surface area contributed by atoms with Crippen molar-refractivity contribution in [2.24, 2.45) is 0 Å². The number of halogens is 2. The Labute approximate surface area is 217 Å². The van der Waals surface area contributed by atoms with Crippen molar-refractivity contribution in [3.8, 4) is 17.3 Å². The maximum atomic E-state index is 13.5. The lowest BCUT2D eigenvalue weighted by Gasteiger charge is -2.14. The first kappa shape index (κ1) is 24.4. The molecule has 3 aromatic carbocycles. The van der Waals surface area contributed by atoms with E-state index in [9.17, 15) is 9.18 Å². The third-order valence-electron chi connectivity index (χ3n) is 5.72. The zero-order chi connectivity index (χ0) is 26.2. The van der Waals surface area contributed by atoms with Gasteiger partial charge in [-0.1, -0.05) is 44.5 Å². The average molecular weight is 516 g/mol. The summed E-state index contributed by atoms with van der Waals surface area (Å²) in [7, 11) is 0. The van der Waals surface area contributed by atoms with Crippen LogP contribution in [0.4, 0.5) is 10.2 Å². The van der Waals surface area contributed by atoms with E-state index in [1.165, 1.54) is 24.5 Å². The molecule has 0 atom stereocenters. The zero-order valence-electron chi connectivity index (χ0n) is 20.4. The topological polar surface area (TPSA) is 81.9 Å². The van der Waals surface area contributed by atoms with Crippen LogP contribution in [0.2, 0.25) is 5.15 Å². The van der Waals surface area contributed by atoms with E-state index in [0.29, 0.717) is 28.7 Å². The van der Waals surface area contributed by atoms with E-state index in [0.717, 1.165) is 16.5 Å². The third kappa shape index (κ3) is 5.29. The Balaban J connectivity index is 1.47. The van der Waals surface area contributed by atoms with Crippen LogP contribution in [0, 0.1) is 5.82 Å². The lowest BCUT2D eigenvalue weighted by Crippen LogP contribution is -2.15. The minimum absolute atomic E-state index is 0.255. The summed E-state index contributed by atoms with van der Waals surface area (Å²) < 4.78 is 20.9. The Morgan fingerprint density at radius 1 is 1.00 bits per heavy atom. The Bertz CT molecular complexity index is 1610.